The minimum atomic E-state index is -2.46. The van der Waals surface area contributed by atoms with Gasteiger partial charge in [0.15, 0.2) is 18.0 Å². The Kier molecular flexibility index (Phi) is 29.9. The fourth-order valence-electron chi connectivity index (χ4n) is 12.2. The number of unbranched alkanes of at least 4 members (excludes halogenated alkanes) is 1. The van der Waals surface area contributed by atoms with Crippen LogP contribution in [0.4, 0.5) is 0 Å². The van der Waals surface area contributed by atoms with Crippen LogP contribution in [0.5, 0.6) is 0 Å². The van der Waals surface area contributed by atoms with Crippen LogP contribution in [0.3, 0.4) is 0 Å². The summed E-state index contributed by atoms with van der Waals surface area (Å²) in [5.74, 6) is -9.57. The third kappa shape index (κ3) is 21.1. The molecule has 2 bridgehead atoms. The third-order valence-corrected chi connectivity index (χ3v) is 17.8. The fourth-order valence-corrected chi connectivity index (χ4v) is 12.2. The first-order valence-electron chi connectivity index (χ1n) is 30.0. The number of carbonyl (C=O) groups excluding carboxylic acids is 3. The van der Waals surface area contributed by atoms with E-state index < -0.39 is 170 Å². The molecule has 3 saturated heterocycles. The average molecular weight is 1180 g/mol. The Hall–Kier alpha value is -2.53. The Bertz CT molecular complexity index is 1910. The molecule has 0 unspecified atom stereocenters. The van der Waals surface area contributed by atoms with E-state index in [1.165, 1.54) is 6.08 Å². The Balaban J connectivity index is 1.58. The molecule has 0 aliphatic carbocycles. The second kappa shape index (κ2) is 34.1. The lowest BCUT2D eigenvalue weighted by Gasteiger charge is -2.45. The number of carbonyl (C=O) groups is 3. The molecule has 3 fully saturated rings. The highest BCUT2D eigenvalue weighted by molar-refractivity contribution is 5.94. The molecule has 27 atom stereocenters. The van der Waals surface area contributed by atoms with Gasteiger partial charge in [-0.2, -0.15) is 0 Å². The molecule has 0 saturated carbocycles. The molecule has 0 aromatic carbocycles. The van der Waals surface area contributed by atoms with Gasteiger partial charge < -0.3 is 98.8 Å². The topological polar surface area (TPSA) is 360 Å². The van der Waals surface area contributed by atoms with E-state index in [0.717, 1.165) is 13.2 Å². The van der Waals surface area contributed by atoms with Crippen molar-refractivity contribution in [1.29, 1.82) is 0 Å². The van der Waals surface area contributed by atoms with Gasteiger partial charge in [0.1, 0.15) is 30.5 Å². The molecule has 0 amide bonds. The van der Waals surface area contributed by atoms with Gasteiger partial charge in [0, 0.05) is 69.7 Å². The lowest BCUT2D eigenvalue weighted by molar-refractivity contribution is -0.333. The highest BCUT2D eigenvalue weighted by Gasteiger charge is 2.53. The van der Waals surface area contributed by atoms with E-state index in [1.807, 2.05) is 13.8 Å². The molecule has 23 heteroatoms. The zero-order valence-electron chi connectivity index (χ0n) is 50.3. The predicted molar refractivity (Wildman–Crippen MR) is 295 cm³/mol. The highest BCUT2D eigenvalue weighted by atomic mass is 16.7. The van der Waals surface area contributed by atoms with Crippen molar-refractivity contribution in [1.82, 2.24) is 0 Å². The number of esters is 3. The van der Waals surface area contributed by atoms with Crippen LogP contribution in [0.15, 0.2) is 12.2 Å². The van der Waals surface area contributed by atoms with E-state index in [-0.39, 0.29) is 95.4 Å². The molecule has 23 nitrogen and oxygen atoms in total. The van der Waals surface area contributed by atoms with Crippen molar-refractivity contribution in [2.24, 2.45) is 35.5 Å². The van der Waals surface area contributed by atoms with Gasteiger partial charge in [0.25, 0.3) is 0 Å². The molecule has 4 heterocycles. The van der Waals surface area contributed by atoms with Crippen molar-refractivity contribution in [2.45, 2.75) is 286 Å². The number of hydrogen-bond acceptors (Lipinski definition) is 23. The Morgan fingerprint density at radius 1 is 0.732 bits per heavy atom. The van der Waals surface area contributed by atoms with Gasteiger partial charge in [0.2, 0.25) is 0 Å². The molecule has 0 spiro atoms. The highest BCUT2D eigenvalue weighted by Crippen LogP contribution is 2.41. The van der Waals surface area contributed by atoms with Gasteiger partial charge >= 0.3 is 17.9 Å². The smallest absolute Gasteiger partial charge is 0.330 e. The monoisotopic (exact) mass is 1180 g/mol. The fraction of sp³-hybridized carbons (Fsp3) is 0.915. The first-order chi connectivity index (χ1) is 38.6. The molecule has 0 aromatic rings. The average Bonchev–Trinajstić information content (AvgIpc) is 4.25. The summed E-state index contributed by atoms with van der Waals surface area (Å²) in [5.41, 5.74) is 0. The zero-order chi connectivity index (χ0) is 61.3. The van der Waals surface area contributed by atoms with Crippen molar-refractivity contribution in [3.05, 3.63) is 12.2 Å². The number of rotatable bonds is 16. The lowest BCUT2D eigenvalue weighted by atomic mass is 9.77. The normalized spacial score (nSPS) is 40.5. The van der Waals surface area contributed by atoms with Crippen LogP contribution in [0.2, 0.25) is 0 Å². The largest absolute Gasteiger partial charge is 0.468 e. The maximum Gasteiger partial charge on any atom is 0.330 e. The maximum absolute atomic E-state index is 13.7. The number of ether oxygens (including phenoxy) is 9. The number of methoxy groups -OCH3 is 3. The minimum Gasteiger partial charge on any atom is -0.468 e. The molecule has 4 aliphatic rings. The number of aliphatic hydroxyl groups is 11. The first kappa shape index (κ1) is 71.9. The molecular formula is C59H104O23. The summed E-state index contributed by atoms with van der Waals surface area (Å²) in [7, 11) is 4.33. The van der Waals surface area contributed by atoms with Gasteiger partial charge in [-0.3, -0.25) is 9.59 Å². The third-order valence-electron chi connectivity index (χ3n) is 17.8. The SMILES string of the molecule is CCCC[C@@H](C(=O)OC)C(=O)O[C@@H]1CCC[C@H](O)[C@@H]2O[C@@H]2[C@@H](C)[C@H]([C@H](C)[C@H](O)[C@H](C)[C@@H](O)[C@@H](C)[C@H](C)O[C@@H]2C[C@@H](OC)[C@@H](OC)[C@H](C)O2)OC(=O)/C=C\C[C@H](O)C[C@@H](O)C[C@H](O)CC[C@@H](C)[C@@H](O)C[C@]2(O)O[C@H](C[C@H](O)C1)C[C@H](O)[C@H]2O. The van der Waals surface area contributed by atoms with Gasteiger partial charge in [-0.15, -0.1) is 0 Å². The summed E-state index contributed by atoms with van der Waals surface area (Å²) in [6.07, 6.45) is -16.1. The van der Waals surface area contributed by atoms with Gasteiger partial charge in [0.05, 0.1) is 92.6 Å². The molecule has 82 heavy (non-hydrogen) atoms. The van der Waals surface area contributed by atoms with Gasteiger partial charge in [-0.1, -0.05) is 60.5 Å². The summed E-state index contributed by atoms with van der Waals surface area (Å²) in [6, 6.07) is 0. The molecule has 4 rings (SSSR count). The van der Waals surface area contributed by atoms with Crippen molar-refractivity contribution in [2.75, 3.05) is 21.3 Å². The minimum absolute atomic E-state index is 0.0781. The van der Waals surface area contributed by atoms with Crippen molar-refractivity contribution >= 4 is 17.9 Å². The van der Waals surface area contributed by atoms with Crippen LogP contribution < -0.4 is 0 Å². The zero-order valence-corrected chi connectivity index (χ0v) is 50.3. The Morgan fingerprint density at radius 3 is 2.05 bits per heavy atom. The van der Waals surface area contributed by atoms with E-state index in [4.69, 9.17) is 42.6 Å². The standard InChI is InChI=1S/C59H104O23/c1-12-13-18-43(57(71)76-11)58(72)79-41-17-15-19-44(64)55-53(81-55)34(6)52(33(5)51(69)32(4)50(68)31(3)35(7)77-49-28-47(74-9)54(75-10)36(8)78-49)80-48(67)20-14-16-37(60)23-39(62)24-38(61)22-21-30(2)46(66)29-59(73)56(70)45(65)27-42(82-59)26-40(63)25-41/h14,20,30-47,49-56,60-66,68-70,73H,12-13,15-19,21-29H2,1-11H3/b20-14-/t30-,31+,32-,33-,34+,35+,36+,37+,38-,39-,40-,41-,42-,43+,44+,45+,46+,47-,49+,50+,51-,52+,53-,54+,55+,56-,59+/m1/s1. The molecule has 0 radical (unpaired) electrons. The van der Waals surface area contributed by atoms with Crippen LogP contribution in [0.1, 0.15) is 158 Å². The summed E-state index contributed by atoms with van der Waals surface area (Å²) < 4.78 is 52.5. The van der Waals surface area contributed by atoms with Crippen LogP contribution in [0, 0.1) is 35.5 Å². The summed E-state index contributed by atoms with van der Waals surface area (Å²) in [6.45, 7) is 14.1. The van der Waals surface area contributed by atoms with E-state index in [2.05, 4.69) is 0 Å². The molecular weight excluding hydrogens is 1080 g/mol. The van der Waals surface area contributed by atoms with Crippen LogP contribution in [-0.4, -0.2) is 223 Å². The number of hydrogen-bond donors (Lipinski definition) is 11. The molecule has 478 valence electrons. The molecule has 11 N–H and O–H groups in total. The van der Waals surface area contributed by atoms with Gasteiger partial charge in [-0.05, 0) is 84.0 Å². The van der Waals surface area contributed by atoms with Gasteiger partial charge in [-0.25, -0.2) is 4.79 Å². The predicted octanol–water partition coefficient (Wildman–Crippen LogP) is 2.25. The quantitative estimate of drug-likeness (QED) is 0.0457. The van der Waals surface area contributed by atoms with E-state index in [0.29, 0.717) is 19.3 Å². The van der Waals surface area contributed by atoms with Crippen molar-refractivity contribution in [3.8, 4) is 0 Å². The van der Waals surface area contributed by atoms with Crippen LogP contribution >= 0.6 is 0 Å². The maximum atomic E-state index is 13.7. The lowest BCUT2D eigenvalue weighted by Crippen LogP contribution is -2.59. The Morgan fingerprint density at radius 2 is 1.40 bits per heavy atom. The van der Waals surface area contributed by atoms with Crippen LogP contribution in [0.25, 0.3) is 0 Å². The first-order valence-corrected chi connectivity index (χ1v) is 30.0. The molecule has 4 aliphatic heterocycles. The van der Waals surface area contributed by atoms with E-state index in [9.17, 15) is 70.6 Å². The number of epoxide rings is 1. The number of aliphatic hydroxyl groups excluding tert-OH is 10. The van der Waals surface area contributed by atoms with Crippen molar-refractivity contribution in [3.63, 3.8) is 0 Å². The summed E-state index contributed by atoms with van der Waals surface area (Å²) in [4.78, 5) is 40.1. The summed E-state index contributed by atoms with van der Waals surface area (Å²) in [5, 5.41) is 124. The number of fused-ring (bicyclic) bond motifs is 3. The second-order valence-corrected chi connectivity index (χ2v) is 24.3. The van der Waals surface area contributed by atoms with E-state index in [1.54, 1.807) is 55.8 Å². The van der Waals surface area contributed by atoms with Crippen molar-refractivity contribution < 1.29 is 113 Å². The summed E-state index contributed by atoms with van der Waals surface area (Å²) >= 11 is 0. The van der Waals surface area contributed by atoms with E-state index >= 15 is 0 Å². The molecule has 0 aromatic heterocycles. The Labute approximate surface area is 484 Å². The second-order valence-electron chi connectivity index (χ2n) is 24.3. The number of cyclic esters (lactones) is 1. The van der Waals surface area contributed by atoms with Crippen LogP contribution in [-0.2, 0) is 57.0 Å².